The summed E-state index contributed by atoms with van der Waals surface area (Å²) in [5.41, 5.74) is 0.240. The molecule has 106 valence electrons. The third-order valence-corrected chi connectivity index (χ3v) is 3.66. The molecule has 0 aliphatic carbocycles. The molecule has 20 heavy (non-hydrogen) atoms. The normalized spacial score (nSPS) is 10.9. The van der Waals surface area contributed by atoms with Crippen molar-refractivity contribution < 1.29 is 9.90 Å². The molecule has 1 aromatic carbocycles. The molecule has 0 saturated heterocycles. The van der Waals surface area contributed by atoms with E-state index in [2.05, 4.69) is 10.2 Å². The highest BCUT2D eigenvalue weighted by atomic mass is 32.2. The summed E-state index contributed by atoms with van der Waals surface area (Å²) in [6.45, 7) is 3.76. The predicted molar refractivity (Wildman–Crippen MR) is 76.4 cm³/mol. The second-order valence-electron chi connectivity index (χ2n) is 4.53. The molecular formula is C13H15N3O3S. The summed E-state index contributed by atoms with van der Waals surface area (Å²) in [4.78, 5) is 23.5. The molecule has 6 nitrogen and oxygen atoms in total. The largest absolute Gasteiger partial charge is 0.508 e. The maximum absolute atomic E-state index is 12.0. The van der Waals surface area contributed by atoms with E-state index in [1.165, 1.54) is 28.5 Å². The van der Waals surface area contributed by atoms with Crippen LogP contribution in [-0.4, -0.2) is 31.4 Å². The summed E-state index contributed by atoms with van der Waals surface area (Å²) in [5.74, 6) is 0.220. The van der Waals surface area contributed by atoms with Crippen LogP contribution >= 0.6 is 11.8 Å². The van der Waals surface area contributed by atoms with Gasteiger partial charge in [0.15, 0.2) is 10.9 Å². The van der Waals surface area contributed by atoms with Crippen LogP contribution in [-0.2, 0) is 0 Å². The first-order valence-electron chi connectivity index (χ1n) is 6.11. The van der Waals surface area contributed by atoms with E-state index in [4.69, 9.17) is 0 Å². The molecule has 0 bridgehead atoms. The summed E-state index contributed by atoms with van der Waals surface area (Å²) in [6, 6.07) is 6.05. The molecule has 0 saturated carbocycles. The molecule has 2 N–H and O–H groups in total. The fourth-order valence-electron chi connectivity index (χ4n) is 1.71. The summed E-state index contributed by atoms with van der Waals surface area (Å²) in [7, 11) is 0. The first kappa shape index (κ1) is 14.4. The number of nitrogens with one attached hydrogen (secondary N) is 1. The lowest BCUT2D eigenvalue weighted by molar-refractivity contribution is 0.102. The topological polar surface area (TPSA) is 88.0 Å². The van der Waals surface area contributed by atoms with Crippen molar-refractivity contribution >= 4 is 17.5 Å². The minimum absolute atomic E-state index is 0.0208. The molecule has 0 radical (unpaired) electrons. The van der Waals surface area contributed by atoms with E-state index in [0.717, 1.165) is 0 Å². The Bertz CT molecular complexity index is 658. The van der Waals surface area contributed by atoms with E-state index < -0.39 is 0 Å². The molecule has 7 heteroatoms. The highest BCUT2D eigenvalue weighted by molar-refractivity contribution is 7.99. The van der Waals surface area contributed by atoms with Crippen molar-refractivity contribution in [2.75, 3.05) is 5.75 Å². The molecule has 0 amide bonds. The molecule has 0 atom stereocenters. The fraction of sp³-hybridized carbons (Fsp3) is 0.308. The zero-order valence-electron chi connectivity index (χ0n) is 11.2. The number of hydrogen-bond acceptors (Lipinski definition) is 5. The number of aromatic hydroxyl groups is 1. The summed E-state index contributed by atoms with van der Waals surface area (Å²) >= 11 is 1.21. The minimum atomic E-state index is -0.278. The van der Waals surface area contributed by atoms with Gasteiger partial charge in [-0.15, -0.1) is 5.10 Å². The number of carbonyl (C=O) groups excluding carboxylic acids is 1. The van der Waals surface area contributed by atoms with Crippen LogP contribution in [0.1, 0.15) is 30.2 Å². The van der Waals surface area contributed by atoms with Crippen molar-refractivity contribution in [3.8, 4) is 5.75 Å². The molecule has 2 rings (SSSR count). The molecular weight excluding hydrogens is 278 g/mol. The minimum Gasteiger partial charge on any atom is -0.508 e. The molecule has 0 unspecified atom stereocenters. The van der Waals surface area contributed by atoms with Crippen LogP contribution in [0.3, 0.4) is 0 Å². The van der Waals surface area contributed by atoms with E-state index in [0.29, 0.717) is 10.7 Å². The Labute approximate surface area is 119 Å². The van der Waals surface area contributed by atoms with Gasteiger partial charge in [-0.3, -0.25) is 9.36 Å². The SMILES string of the molecule is CC(C)n1c(SCC(=O)c2ccc(O)cc2)n[nH]c1=O. The quantitative estimate of drug-likeness (QED) is 0.648. The number of ketones is 1. The summed E-state index contributed by atoms with van der Waals surface area (Å²) < 4.78 is 1.51. The van der Waals surface area contributed by atoms with Gasteiger partial charge >= 0.3 is 5.69 Å². The Balaban J connectivity index is 2.07. The van der Waals surface area contributed by atoms with Crippen LogP contribution in [0.2, 0.25) is 0 Å². The zero-order chi connectivity index (χ0) is 14.7. The Morgan fingerprint density at radius 1 is 1.40 bits per heavy atom. The number of aromatic nitrogens is 3. The van der Waals surface area contributed by atoms with Crippen LogP contribution in [0.5, 0.6) is 5.75 Å². The molecule has 0 aliphatic heterocycles. The van der Waals surface area contributed by atoms with Crippen molar-refractivity contribution in [2.24, 2.45) is 0 Å². The van der Waals surface area contributed by atoms with Gasteiger partial charge in [-0.1, -0.05) is 11.8 Å². The zero-order valence-corrected chi connectivity index (χ0v) is 12.0. The van der Waals surface area contributed by atoms with Gasteiger partial charge in [0.25, 0.3) is 0 Å². The van der Waals surface area contributed by atoms with Crippen LogP contribution in [0.4, 0.5) is 0 Å². The lowest BCUT2D eigenvalue weighted by atomic mass is 10.1. The fourth-order valence-corrected chi connectivity index (χ4v) is 2.68. The third-order valence-electron chi connectivity index (χ3n) is 2.71. The third kappa shape index (κ3) is 3.11. The number of phenols is 1. The standard InChI is InChI=1S/C13H15N3O3S/c1-8(2)16-12(19)14-15-13(16)20-7-11(18)9-3-5-10(17)6-4-9/h3-6,8,17H,7H2,1-2H3,(H,14,19). The number of phenolic OH excluding ortho intramolecular Hbond substituents is 1. The van der Waals surface area contributed by atoms with Crippen molar-refractivity contribution in [3.63, 3.8) is 0 Å². The van der Waals surface area contributed by atoms with Crippen LogP contribution in [0.25, 0.3) is 0 Å². The van der Waals surface area contributed by atoms with Crippen LogP contribution in [0.15, 0.2) is 34.2 Å². The second-order valence-corrected chi connectivity index (χ2v) is 5.48. The Morgan fingerprint density at radius 2 is 2.05 bits per heavy atom. The number of hydrogen-bond donors (Lipinski definition) is 2. The summed E-state index contributed by atoms with van der Waals surface area (Å²) in [6.07, 6.45) is 0. The summed E-state index contributed by atoms with van der Waals surface area (Å²) in [5, 5.41) is 16.0. The highest BCUT2D eigenvalue weighted by Gasteiger charge is 2.14. The van der Waals surface area contributed by atoms with E-state index >= 15 is 0 Å². The first-order chi connectivity index (χ1) is 9.49. The van der Waals surface area contributed by atoms with Gasteiger partial charge in [-0.05, 0) is 38.1 Å². The first-order valence-corrected chi connectivity index (χ1v) is 7.09. The number of Topliss-reactive ketones (excluding diaryl/α,β-unsaturated/α-hetero) is 1. The molecule has 0 fully saturated rings. The number of rotatable bonds is 5. The number of carbonyl (C=O) groups is 1. The molecule has 2 aromatic rings. The van der Waals surface area contributed by atoms with Gasteiger partial charge in [0, 0.05) is 11.6 Å². The van der Waals surface area contributed by atoms with Gasteiger partial charge in [0.2, 0.25) is 0 Å². The smallest absolute Gasteiger partial charge is 0.344 e. The van der Waals surface area contributed by atoms with Crippen molar-refractivity contribution in [3.05, 3.63) is 40.3 Å². The number of benzene rings is 1. The Morgan fingerprint density at radius 3 is 2.65 bits per heavy atom. The monoisotopic (exact) mass is 293 g/mol. The van der Waals surface area contributed by atoms with Gasteiger partial charge in [-0.25, -0.2) is 9.89 Å². The predicted octanol–water partition coefficient (Wildman–Crippen LogP) is 1.83. The van der Waals surface area contributed by atoms with E-state index in [1.807, 2.05) is 13.8 Å². The Hall–Kier alpha value is -2.02. The van der Waals surface area contributed by atoms with Crippen molar-refractivity contribution in [1.82, 2.24) is 14.8 Å². The highest BCUT2D eigenvalue weighted by Crippen LogP contribution is 2.19. The van der Waals surface area contributed by atoms with Gasteiger partial charge in [0.1, 0.15) is 5.75 Å². The maximum atomic E-state index is 12.0. The van der Waals surface area contributed by atoms with Gasteiger partial charge in [-0.2, -0.15) is 0 Å². The van der Waals surface area contributed by atoms with Gasteiger partial charge in [0.05, 0.1) is 5.75 Å². The van der Waals surface area contributed by atoms with Crippen LogP contribution < -0.4 is 5.69 Å². The molecule has 1 heterocycles. The average Bonchev–Trinajstić information content (AvgIpc) is 2.78. The Kier molecular flexibility index (Phi) is 4.29. The van der Waals surface area contributed by atoms with Crippen LogP contribution in [0, 0.1) is 0 Å². The molecule has 1 aromatic heterocycles. The van der Waals surface area contributed by atoms with Crippen molar-refractivity contribution in [1.29, 1.82) is 0 Å². The maximum Gasteiger partial charge on any atom is 0.344 e. The van der Waals surface area contributed by atoms with E-state index in [1.54, 1.807) is 12.1 Å². The molecule has 0 aliphatic rings. The lowest BCUT2D eigenvalue weighted by Crippen LogP contribution is -2.19. The van der Waals surface area contributed by atoms with Crippen molar-refractivity contribution in [2.45, 2.75) is 25.0 Å². The number of aromatic amines is 1. The molecule has 0 spiro atoms. The van der Waals surface area contributed by atoms with E-state index in [9.17, 15) is 14.7 Å². The van der Waals surface area contributed by atoms with Gasteiger partial charge < -0.3 is 5.11 Å². The van der Waals surface area contributed by atoms with E-state index in [-0.39, 0.29) is 29.0 Å². The number of nitrogens with zero attached hydrogens (tertiary/aromatic N) is 2. The number of thioether (sulfide) groups is 1. The number of H-pyrrole nitrogens is 1. The average molecular weight is 293 g/mol. The second kappa shape index (κ2) is 5.96. The lowest BCUT2D eigenvalue weighted by Gasteiger charge is -2.08.